The van der Waals surface area contributed by atoms with Gasteiger partial charge in [-0.3, -0.25) is 4.79 Å². The number of hydrogen-bond donors (Lipinski definition) is 1. The monoisotopic (exact) mass is 471 g/mol. The van der Waals surface area contributed by atoms with Gasteiger partial charge in [0.2, 0.25) is 0 Å². The van der Waals surface area contributed by atoms with E-state index in [2.05, 4.69) is 15.2 Å². The lowest BCUT2D eigenvalue weighted by molar-refractivity contribution is -0.274. The van der Waals surface area contributed by atoms with E-state index in [9.17, 15) is 18.0 Å². The van der Waals surface area contributed by atoms with Crippen LogP contribution in [-0.4, -0.2) is 22.1 Å². The van der Waals surface area contributed by atoms with Crippen LogP contribution in [0.1, 0.15) is 36.8 Å². The summed E-state index contributed by atoms with van der Waals surface area (Å²) in [6.45, 7) is 5.89. The minimum atomic E-state index is -4.81. The summed E-state index contributed by atoms with van der Waals surface area (Å²) < 4.78 is 42.3. The number of hydrogen-bond acceptors (Lipinski definition) is 3. The molecule has 0 saturated carbocycles. The van der Waals surface area contributed by atoms with Crippen LogP contribution in [0.25, 0.3) is 5.69 Å². The molecule has 164 valence electrons. The lowest BCUT2D eigenvalue weighted by atomic mass is 9.92. The minimum absolute atomic E-state index is 0.136. The van der Waals surface area contributed by atoms with Crippen LogP contribution in [0.5, 0.6) is 5.75 Å². The first-order chi connectivity index (χ1) is 14.3. The van der Waals surface area contributed by atoms with E-state index in [4.69, 9.17) is 23.2 Å². The molecule has 0 radical (unpaired) electrons. The fraction of sp³-hybridized carbons (Fsp3) is 0.238. The Morgan fingerprint density at radius 3 is 2.26 bits per heavy atom. The molecule has 0 atom stereocenters. The second-order valence-electron chi connectivity index (χ2n) is 7.70. The van der Waals surface area contributed by atoms with Gasteiger partial charge in [-0.1, -0.05) is 44.0 Å². The van der Waals surface area contributed by atoms with Crippen LogP contribution in [-0.2, 0) is 5.41 Å². The first kappa shape index (κ1) is 23.0. The molecule has 0 saturated heterocycles. The molecule has 3 aromatic rings. The molecule has 0 aliphatic heterocycles. The van der Waals surface area contributed by atoms with Crippen molar-refractivity contribution >= 4 is 34.9 Å². The molecule has 2 aromatic carbocycles. The number of carbonyl (C=O) groups excluding carboxylic acids is 1. The third-order valence-electron chi connectivity index (χ3n) is 4.21. The van der Waals surface area contributed by atoms with Crippen molar-refractivity contribution in [3.8, 4) is 11.4 Å². The Morgan fingerprint density at radius 2 is 1.68 bits per heavy atom. The molecular formula is C21H18Cl2F3N3O2. The number of benzene rings is 2. The molecule has 0 bridgehead atoms. The largest absolute Gasteiger partial charge is 0.573 e. The van der Waals surface area contributed by atoms with Crippen LogP contribution in [0, 0.1) is 0 Å². The highest BCUT2D eigenvalue weighted by Crippen LogP contribution is 2.31. The third kappa shape index (κ3) is 5.71. The molecule has 1 amide bonds. The zero-order valence-corrected chi connectivity index (χ0v) is 18.2. The summed E-state index contributed by atoms with van der Waals surface area (Å²) in [4.78, 5) is 12.7. The lowest BCUT2D eigenvalue weighted by Gasteiger charge is -2.14. The molecule has 0 unspecified atom stereocenters. The number of anilines is 1. The summed E-state index contributed by atoms with van der Waals surface area (Å²) in [5.41, 5.74) is 0.963. The molecule has 5 nitrogen and oxygen atoms in total. The van der Waals surface area contributed by atoms with E-state index in [-0.39, 0.29) is 11.0 Å². The van der Waals surface area contributed by atoms with Gasteiger partial charge in [0.15, 0.2) is 0 Å². The van der Waals surface area contributed by atoms with Crippen LogP contribution in [0.4, 0.5) is 19.0 Å². The number of ether oxygens (including phenoxy) is 1. The van der Waals surface area contributed by atoms with Crippen LogP contribution in [0.15, 0.2) is 48.5 Å². The first-order valence-corrected chi connectivity index (χ1v) is 9.82. The first-order valence-electron chi connectivity index (χ1n) is 9.06. The number of carbonyl (C=O) groups is 1. The van der Waals surface area contributed by atoms with Gasteiger partial charge in [0.25, 0.3) is 5.91 Å². The van der Waals surface area contributed by atoms with E-state index < -0.39 is 18.0 Å². The standard InChI is InChI=1S/C21H18Cl2F3N3O2/c1-20(2,3)17-11-18(29(28-17)16-10-13(22)6-9-15(16)23)27-19(30)12-4-7-14(8-5-12)31-21(24,25)26/h4-11H,1-3H3,(H,27,30). The maximum Gasteiger partial charge on any atom is 0.573 e. The SMILES string of the molecule is CC(C)(C)c1cc(NC(=O)c2ccc(OC(F)(F)F)cc2)n(-c2cc(Cl)ccc2Cl)n1. The summed E-state index contributed by atoms with van der Waals surface area (Å²) >= 11 is 12.4. The van der Waals surface area contributed by atoms with E-state index >= 15 is 0 Å². The fourth-order valence-electron chi connectivity index (χ4n) is 2.66. The van der Waals surface area contributed by atoms with E-state index in [0.717, 1.165) is 12.1 Å². The van der Waals surface area contributed by atoms with E-state index in [1.165, 1.54) is 16.8 Å². The summed E-state index contributed by atoms with van der Waals surface area (Å²) in [7, 11) is 0. The molecule has 0 spiro atoms. The maximum absolute atomic E-state index is 12.7. The van der Waals surface area contributed by atoms with Gasteiger partial charge in [-0.25, -0.2) is 4.68 Å². The Morgan fingerprint density at radius 1 is 1.03 bits per heavy atom. The van der Waals surface area contributed by atoms with E-state index in [1.54, 1.807) is 24.3 Å². The number of amides is 1. The molecule has 31 heavy (non-hydrogen) atoms. The number of alkyl halides is 3. The molecule has 0 aliphatic carbocycles. The van der Waals surface area contributed by atoms with Crippen molar-refractivity contribution in [3.05, 3.63) is 69.8 Å². The minimum Gasteiger partial charge on any atom is -0.406 e. The Labute approximate surface area is 186 Å². The summed E-state index contributed by atoms with van der Waals surface area (Å²) in [5.74, 6) is -0.636. The van der Waals surface area contributed by atoms with Crippen molar-refractivity contribution in [2.24, 2.45) is 0 Å². The average molecular weight is 472 g/mol. The quantitative estimate of drug-likeness (QED) is 0.464. The topological polar surface area (TPSA) is 56.1 Å². The smallest absolute Gasteiger partial charge is 0.406 e. The molecule has 3 rings (SSSR count). The van der Waals surface area contributed by atoms with Crippen molar-refractivity contribution in [1.82, 2.24) is 9.78 Å². The number of aromatic nitrogens is 2. The summed E-state index contributed by atoms with van der Waals surface area (Å²) in [5, 5.41) is 8.10. The van der Waals surface area contributed by atoms with Gasteiger partial charge in [0.1, 0.15) is 11.6 Å². The van der Waals surface area contributed by atoms with Gasteiger partial charge in [-0.15, -0.1) is 13.2 Å². The predicted octanol–water partition coefficient (Wildman–Crippen LogP) is 6.63. The molecule has 0 fully saturated rings. The molecule has 0 aliphatic rings. The zero-order chi connectivity index (χ0) is 23.0. The highest BCUT2D eigenvalue weighted by atomic mass is 35.5. The molecule has 1 aromatic heterocycles. The van der Waals surface area contributed by atoms with Crippen molar-refractivity contribution in [2.75, 3.05) is 5.32 Å². The molecule has 1 heterocycles. The number of nitrogens with one attached hydrogen (secondary N) is 1. The zero-order valence-electron chi connectivity index (χ0n) is 16.7. The van der Waals surface area contributed by atoms with E-state index in [0.29, 0.717) is 27.2 Å². The number of nitrogens with zero attached hydrogens (tertiary/aromatic N) is 2. The van der Waals surface area contributed by atoms with Crippen molar-refractivity contribution in [3.63, 3.8) is 0 Å². The second kappa shape index (κ2) is 8.43. The van der Waals surface area contributed by atoms with Crippen LogP contribution in [0.2, 0.25) is 10.0 Å². The van der Waals surface area contributed by atoms with Crippen LogP contribution < -0.4 is 10.1 Å². The second-order valence-corrected chi connectivity index (χ2v) is 8.54. The van der Waals surface area contributed by atoms with Crippen molar-refractivity contribution in [2.45, 2.75) is 32.5 Å². The number of halogens is 5. The van der Waals surface area contributed by atoms with Gasteiger partial charge in [0.05, 0.1) is 16.4 Å². The fourth-order valence-corrected chi connectivity index (χ4v) is 3.03. The normalized spacial score (nSPS) is 12.0. The molecule has 10 heteroatoms. The Bertz CT molecular complexity index is 1100. The van der Waals surface area contributed by atoms with Gasteiger partial charge in [-0.2, -0.15) is 5.10 Å². The highest BCUT2D eigenvalue weighted by Gasteiger charge is 2.31. The molecular weight excluding hydrogens is 454 g/mol. The maximum atomic E-state index is 12.7. The van der Waals surface area contributed by atoms with Gasteiger partial charge < -0.3 is 10.1 Å². The van der Waals surface area contributed by atoms with Crippen LogP contribution >= 0.6 is 23.2 Å². The summed E-state index contributed by atoms with van der Waals surface area (Å²) in [6.07, 6.45) is -4.81. The van der Waals surface area contributed by atoms with Gasteiger partial charge >= 0.3 is 6.36 Å². The van der Waals surface area contributed by atoms with E-state index in [1.807, 2.05) is 20.8 Å². The Kier molecular flexibility index (Phi) is 6.25. The molecule has 1 N–H and O–H groups in total. The van der Waals surface area contributed by atoms with Crippen molar-refractivity contribution < 1.29 is 22.7 Å². The van der Waals surface area contributed by atoms with Crippen molar-refractivity contribution in [1.29, 1.82) is 0 Å². The summed E-state index contributed by atoms with van der Waals surface area (Å²) in [6, 6.07) is 11.1. The van der Waals surface area contributed by atoms with Crippen LogP contribution in [0.3, 0.4) is 0 Å². The third-order valence-corrected chi connectivity index (χ3v) is 4.76. The lowest BCUT2D eigenvalue weighted by Crippen LogP contribution is -2.18. The van der Waals surface area contributed by atoms with Gasteiger partial charge in [-0.05, 0) is 42.5 Å². The number of rotatable bonds is 4. The predicted molar refractivity (Wildman–Crippen MR) is 113 cm³/mol. The average Bonchev–Trinajstić information content (AvgIpc) is 3.07. The highest BCUT2D eigenvalue weighted by molar-refractivity contribution is 6.34. The van der Waals surface area contributed by atoms with Gasteiger partial charge in [0, 0.05) is 22.1 Å². The Hall–Kier alpha value is -2.71. The Balaban J connectivity index is 1.94.